The lowest BCUT2D eigenvalue weighted by atomic mass is 10.3. The number of nitrogens with zero attached hydrogens (tertiary/aromatic N) is 2. The van der Waals surface area contributed by atoms with E-state index in [-0.39, 0.29) is 21.6 Å². The third-order valence-electron chi connectivity index (χ3n) is 2.11. The summed E-state index contributed by atoms with van der Waals surface area (Å²) in [5, 5.41) is 2.73. The number of nitrogens with one attached hydrogen (secondary N) is 1. The van der Waals surface area contributed by atoms with Gasteiger partial charge in [-0.1, -0.05) is 29.9 Å². The minimum absolute atomic E-state index is 0.0190. The Kier molecular flexibility index (Phi) is 3.69. The molecule has 0 atom stereocenters. The van der Waals surface area contributed by atoms with E-state index in [1.807, 2.05) is 0 Å². The highest BCUT2D eigenvalue weighted by molar-refractivity contribution is 7.80. The summed E-state index contributed by atoms with van der Waals surface area (Å²) in [5.41, 5.74) is 6.04. The molecule has 92 valence electrons. The molecule has 0 aliphatic rings. The molecule has 0 aliphatic carbocycles. The molecule has 0 spiro atoms. The fourth-order valence-electron chi connectivity index (χ4n) is 1.28. The maximum atomic E-state index is 13.6. The first-order chi connectivity index (χ1) is 8.58. The Bertz CT molecular complexity index is 605. The Morgan fingerprint density at radius 1 is 1.39 bits per heavy atom. The van der Waals surface area contributed by atoms with Crippen LogP contribution in [0.15, 0.2) is 30.5 Å². The number of hydrogen-bond acceptors (Lipinski definition) is 4. The molecule has 0 radical (unpaired) electrons. The summed E-state index contributed by atoms with van der Waals surface area (Å²) in [4.78, 5) is 8.13. The quantitative estimate of drug-likeness (QED) is 0.848. The van der Waals surface area contributed by atoms with E-state index in [9.17, 15) is 4.39 Å². The largest absolute Gasteiger partial charge is 0.388 e. The Hall–Kier alpha value is -1.79. The SMILES string of the molecule is NC(=S)c1ccnc(Nc2cccc(Cl)c2F)n1. The lowest BCUT2D eigenvalue weighted by Gasteiger charge is -2.07. The molecule has 3 N–H and O–H groups in total. The lowest BCUT2D eigenvalue weighted by molar-refractivity contribution is 0.632. The van der Waals surface area contributed by atoms with E-state index < -0.39 is 5.82 Å². The zero-order valence-electron chi connectivity index (χ0n) is 9.02. The second-order valence-corrected chi connectivity index (χ2v) is 4.20. The molecule has 0 unspecified atom stereocenters. The van der Waals surface area contributed by atoms with Crippen LogP contribution in [0.5, 0.6) is 0 Å². The van der Waals surface area contributed by atoms with Crippen molar-refractivity contribution in [3.05, 3.63) is 47.0 Å². The predicted octanol–water partition coefficient (Wildman–Crippen LogP) is 2.65. The van der Waals surface area contributed by atoms with Crippen molar-refractivity contribution in [2.75, 3.05) is 5.32 Å². The third-order valence-corrected chi connectivity index (χ3v) is 2.61. The van der Waals surface area contributed by atoms with Crippen molar-refractivity contribution in [2.45, 2.75) is 0 Å². The summed E-state index contributed by atoms with van der Waals surface area (Å²) in [5.74, 6) is -0.370. The van der Waals surface area contributed by atoms with E-state index in [4.69, 9.17) is 29.6 Å². The molecule has 0 fully saturated rings. The lowest BCUT2D eigenvalue weighted by Crippen LogP contribution is -2.13. The number of halogens is 2. The number of anilines is 2. The first kappa shape index (κ1) is 12.7. The summed E-state index contributed by atoms with van der Waals surface area (Å²) >= 11 is 10.5. The highest BCUT2D eigenvalue weighted by Gasteiger charge is 2.08. The van der Waals surface area contributed by atoms with Crippen molar-refractivity contribution >= 4 is 40.4 Å². The van der Waals surface area contributed by atoms with Gasteiger partial charge in [0.15, 0.2) is 5.82 Å². The zero-order valence-corrected chi connectivity index (χ0v) is 10.6. The van der Waals surface area contributed by atoms with Gasteiger partial charge in [0, 0.05) is 6.20 Å². The number of aromatic nitrogens is 2. The molecule has 0 saturated carbocycles. The van der Waals surface area contributed by atoms with Crippen LogP contribution in [0.3, 0.4) is 0 Å². The molecule has 7 heteroatoms. The zero-order chi connectivity index (χ0) is 13.1. The Morgan fingerprint density at radius 3 is 2.89 bits per heavy atom. The van der Waals surface area contributed by atoms with E-state index in [1.165, 1.54) is 18.3 Å². The number of thiocarbonyl (C=S) groups is 1. The molecule has 0 aliphatic heterocycles. The van der Waals surface area contributed by atoms with Gasteiger partial charge in [-0.15, -0.1) is 0 Å². The maximum absolute atomic E-state index is 13.6. The van der Waals surface area contributed by atoms with Gasteiger partial charge in [-0.3, -0.25) is 0 Å². The average molecular weight is 283 g/mol. The molecule has 0 amide bonds. The minimum Gasteiger partial charge on any atom is -0.388 e. The van der Waals surface area contributed by atoms with Gasteiger partial charge in [0.25, 0.3) is 0 Å². The molecule has 2 rings (SSSR count). The van der Waals surface area contributed by atoms with Crippen LogP contribution in [0.1, 0.15) is 5.69 Å². The van der Waals surface area contributed by atoms with Gasteiger partial charge >= 0.3 is 0 Å². The summed E-state index contributed by atoms with van der Waals surface area (Å²) < 4.78 is 13.6. The van der Waals surface area contributed by atoms with Crippen molar-refractivity contribution in [1.29, 1.82) is 0 Å². The van der Waals surface area contributed by atoms with Gasteiger partial charge in [0.1, 0.15) is 10.7 Å². The fourth-order valence-corrected chi connectivity index (χ4v) is 1.57. The van der Waals surface area contributed by atoms with E-state index in [2.05, 4.69) is 15.3 Å². The molecule has 1 heterocycles. The molecular formula is C11H8ClFN4S. The Morgan fingerprint density at radius 2 is 2.17 bits per heavy atom. The smallest absolute Gasteiger partial charge is 0.227 e. The molecule has 2 aromatic rings. The summed E-state index contributed by atoms with van der Waals surface area (Å²) in [6.07, 6.45) is 1.48. The maximum Gasteiger partial charge on any atom is 0.227 e. The van der Waals surface area contributed by atoms with Crippen molar-refractivity contribution < 1.29 is 4.39 Å². The van der Waals surface area contributed by atoms with Gasteiger partial charge in [-0.05, 0) is 18.2 Å². The van der Waals surface area contributed by atoms with Crippen LogP contribution < -0.4 is 11.1 Å². The highest BCUT2D eigenvalue weighted by Crippen LogP contribution is 2.23. The van der Waals surface area contributed by atoms with Crippen molar-refractivity contribution in [2.24, 2.45) is 5.73 Å². The molecule has 0 saturated heterocycles. The number of benzene rings is 1. The monoisotopic (exact) mass is 282 g/mol. The second-order valence-electron chi connectivity index (χ2n) is 3.36. The van der Waals surface area contributed by atoms with Crippen LogP contribution in [0.25, 0.3) is 0 Å². The number of hydrogen-bond donors (Lipinski definition) is 2. The van der Waals surface area contributed by atoms with E-state index in [0.717, 1.165) is 0 Å². The van der Waals surface area contributed by atoms with Gasteiger partial charge < -0.3 is 11.1 Å². The second kappa shape index (κ2) is 5.24. The molecule has 1 aromatic carbocycles. The standard InChI is InChI=1S/C11H8ClFN4S/c12-6-2-1-3-7(9(6)13)16-11-15-5-4-8(17-11)10(14)18/h1-5H,(H2,14,18)(H,15,16,17). The molecule has 1 aromatic heterocycles. The van der Waals surface area contributed by atoms with Gasteiger partial charge in [0.2, 0.25) is 5.95 Å². The highest BCUT2D eigenvalue weighted by atomic mass is 35.5. The first-order valence-electron chi connectivity index (χ1n) is 4.92. The Balaban J connectivity index is 2.31. The van der Waals surface area contributed by atoms with E-state index in [1.54, 1.807) is 12.1 Å². The molecule has 0 bridgehead atoms. The van der Waals surface area contributed by atoms with Crippen molar-refractivity contribution in [3.63, 3.8) is 0 Å². The van der Waals surface area contributed by atoms with Crippen LogP contribution in [0.2, 0.25) is 5.02 Å². The van der Waals surface area contributed by atoms with Crippen LogP contribution in [0.4, 0.5) is 16.0 Å². The van der Waals surface area contributed by atoms with Crippen molar-refractivity contribution in [3.8, 4) is 0 Å². The number of nitrogens with two attached hydrogens (primary N) is 1. The fraction of sp³-hybridized carbons (Fsp3) is 0. The third kappa shape index (κ3) is 2.72. The van der Waals surface area contributed by atoms with Crippen LogP contribution in [-0.4, -0.2) is 15.0 Å². The topological polar surface area (TPSA) is 63.8 Å². The van der Waals surface area contributed by atoms with Gasteiger partial charge in [-0.25, -0.2) is 14.4 Å². The normalized spacial score (nSPS) is 10.1. The minimum atomic E-state index is -0.566. The number of rotatable bonds is 3. The summed E-state index contributed by atoms with van der Waals surface area (Å²) in [6.45, 7) is 0. The summed E-state index contributed by atoms with van der Waals surface area (Å²) in [7, 11) is 0. The van der Waals surface area contributed by atoms with Gasteiger partial charge in [-0.2, -0.15) is 0 Å². The first-order valence-corrected chi connectivity index (χ1v) is 5.70. The van der Waals surface area contributed by atoms with Gasteiger partial charge in [0.05, 0.1) is 10.7 Å². The molecule has 4 nitrogen and oxygen atoms in total. The molecular weight excluding hydrogens is 275 g/mol. The van der Waals surface area contributed by atoms with Crippen LogP contribution >= 0.6 is 23.8 Å². The summed E-state index contributed by atoms with van der Waals surface area (Å²) in [6, 6.07) is 6.17. The predicted molar refractivity (Wildman–Crippen MR) is 72.6 cm³/mol. The van der Waals surface area contributed by atoms with Crippen LogP contribution in [0, 0.1) is 5.82 Å². The molecule has 18 heavy (non-hydrogen) atoms. The van der Waals surface area contributed by atoms with E-state index >= 15 is 0 Å². The Labute approximate surface area is 113 Å². The van der Waals surface area contributed by atoms with Crippen molar-refractivity contribution in [1.82, 2.24) is 9.97 Å². The van der Waals surface area contributed by atoms with E-state index in [0.29, 0.717) is 5.69 Å². The average Bonchev–Trinajstić information content (AvgIpc) is 2.35. The van der Waals surface area contributed by atoms with Crippen LogP contribution in [-0.2, 0) is 0 Å².